The number of aromatic amines is 1. The normalized spacial score (nSPS) is 15.6. The molecule has 1 aliphatic rings. The molecule has 0 aliphatic heterocycles. The minimum Gasteiger partial charge on any atom is -1.00 e. The highest BCUT2D eigenvalue weighted by Gasteiger charge is 2.21. The summed E-state index contributed by atoms with van der Waals surface area (Å²) in [6.45, 7) is 2.31. The first-order chi connectivity index (χ1) is 21.6. The van der Waals surface area contributed by atoms with E-state index in [4.69, 9.17) is 23.2 Å². The van der Waals surface area contributed by atoms with Gasteiger partial charge in [-0.25, -0.2) is 4.68 Å². The van der Waals surface area contributed by atoms with Crippen molar-refractivity contribution in [3.05, 3.63) is 84.0 Å². The topological polar surface area (TPSA) is 94.2 Å². The quantitative estimate of drug-likeness (QED) is 0.202. The Hall–Kier alpha value is -1.24. The Balaban J connectivity index is 0.000000175. The lowest BCUT2D eigenvalue weighted by atomic mass is 9.83. The number of nitrogens with zero attached hydrogens (tertiary/aromatic N) is 7. The van der Waals surface area contributed by atoms with Crippen molar-refractivity contribution in [1.82, 2.24) is 44.9 Å². The van der Waals surface area contributed by atoms with Gasteiger partial charge < -0.3 is 29.3 Å². The van der Waals surface area contributed by atoms with Crippen molar-refractivity contribution < 1.29 is 24.0 Å². The van der Waals surface area contributed by atoms with Crippen molar-refractivity contribution in [2.24, 2.45) is 20.0 Å². The largest absolute Gasteiger partial charge is 1.00 e. The lowest BCUT2D eigenvalue weighted by Gasteiger charge is -2.30. The van der Waals surface area contributed by atoms with Crippen LogP contribution in [0.4, 0.5) is 0 Å². The molecule has 4 aromatic heterocycles. The van der Waals surface area contributed by atoms with Gasteiger partial charge in [0, 0.05) is 46.1 Å². The van der Waals surface area contributed by atoms with Crippen molar-refractivity contribution >= 4 is 99.5 Å². The van der Waals surface area contributed by atoms with Gasteiger partial charge in [0.2, 0.25) is 0 Å². The van der Waals surface area contributed by atoms with Crippen LogP contribution in [0, 0.1) is 9.49 Å². The predicted molar refractivity (Wildman–Crippen MR) is 200 cm³/mol. The fourth-order valence-corrected chi connectivity index (χ4v) is 6.70. The molecule has 7 rings (SSSR count). The van der Waals surface area contributed by atoms with Gasteiger partial charge in [-0.3, -0.25) is 14.5 Å². The number of fused-ring (bicyclic) bond motifs is 2. The summed E-state index contributed by atoms with van der Waals surface area (Å²) in [7, 11) is 5.88. The Labute approximate surface area is 327 Å². The maximum atomic E-state index is 6.05. The summed E-state index contributed by atoms with van der Waals surface area (Å²) < 4.78 is 8.28. The molecule has 2 aromatic carbocycles. The lowest BCUT2D eigenvalue weighted by molar-refractivity contribution is -0.00000911. The molecule has 9 nitrogen and oxygen atoms in total. The Kier molecular flexibility index (Phi) is 16.3. The Morgan fingerprint density at radius 2 is 1.54 bits per heavy atom. The molecular formula is C31H36Br2Cl2I2N9-. The molecule has 6 aromatic rings. The molecule has 15 heteroatoms. The molecule has 0 saturated heterocycles. The number of hydrogen-bond donors (Lipinski definition) is 2. The molecule has 0 amide bonds. The van der Waals surface area contributed by atoms with Crippen LogP contribution in [0.15, 0.2) is 70.4 Å². The van der Waals surface area contributed by atoms with E-state index in [2.05, 4.69) is 99.2 Å². The van der Waals surface area contributed by atoms with E-state index < -0.39 is 0 Å². The first-order valence-corrected chi connectivity index (χ1v) is 17.9. The number of nitrogens with one attached hydrogen (secondary N) is 2. The Bertz CT molecular complexity index is 1750. The molecule has 4 heterocycles. The van der Waals surface area contributed by atoms with Gasteiger partial charge in [-0.15, -0.1) is 0 Å². The predicted octanol–water partition coefficient (Wildman–Crippen LogP) is 6.36. The van der Waals surface area contributed by atoms with Gasteiger partial charge in [0.25, 0.3) is 0 Å². The minimum atomic E-state index is 0. The van der Waals surface area contributed by atoms with Crippen LogP contribution in [0.3, 0.4) is 0 Å². The zero-order valence-electron chi connectivity index (χ0n) is 25.9. The summed E-state index contributed by atoms with van der Waals surface area (Å²) in [5.41, 5.74) is 2.91. The maximum Gasteiger partial charge on any atom is 0.103 e. The van der Waals surface area contributed by atoms with Crippen molar-refractivity contribution in [3.8, 4) is 5.69 Å². The van der Waals surface area contributed by atoms with E-state index in [1.807, 2.05) is 61.6 Å². The second-order valence-electron chi connectivity index (χ2n) is 10.7. The summed E-state index contributed by atoms with van der Waals surface area (Å²) in [6, 6.07) is 8.44. The van der Waals surface area contributed by atoms with Crippen LogP contribution in [0.2, 0.25) is 10.0 Å². The minimum absolute atomic E-state index is 0. The first kappa shape index (κ1) is 39.2. The number of aryl methyl sites for hydroxylation is 2. The van der Waals surface area contributed by atoms with Crippen LogP contribution >= 0.6 is 77.7 Å². The van der Waals surface area contributed by atoms with Crippen molar-refractivity contribution in [3.63, 3.8) is 0 Å². The second kappa shape index (κ2) is 19.1. The highest BCUT2D eigenvalue weighted by Crippen LogP contribution is 2.30. The molecule has 0 spiro atoms. The molecule has 0 unspecified atom stereocenters. The summed E-state index contributed by atoms with van der Waals surface area (Å²) in [4.78, 5) is 0. The Morgan fingerprint density at radius 3 is 2.11 bits per heavy atom. The van der Waals surface area contributed by atoms with Crippen LogP contribution in [0.25, 0.3) is 27.5 Å². The number of aromatic nitrogens is 8. The third kappa shape index (κ3) is 10.9. The lowest BCUT2D eigenvalue weighted by Crippen LogP contribution is -3.00. The van der Waals surface area contributed by atoms with Gasteiger partial charge in [-0.05, 0) is 105 Å². The molecule has 46 heavy (non-hydrogen) atoms. The van der Waals surface area contributed by atoms with E-state index in [1.54, 1.807) is 28.0 Å². The van der Waals surface area contributed by atoms with Crippen LogP contribution in [0.5, 0.6) is 0 Å². The van der Waals surface area contributed by atoms with Crippen LogP contribution in [-0.2, 0) is 14.1 Å². The molecule has 248 valence electrons. The molecule has 2 atom stereocenters. The highest BCUT2D eigenvalue weighted by molar-refractivity contribution is 14.1. The first-order valence-electron chi connectivity index (χ1n) is 14.5. The van der Waals surface area contributed by atoms with E-state index in [0.29, 0.717) is 10.0 Å². The van der Waals surface area contributed by atoms with Crippen LogP contribution < -0.4 is 29.3 Å². The number of benzene rings is 2. The monoisotopic (exact) mass is 1020 g/mol. The Morgan fingerprint density at radius 1 is 0.891 bits per heavy atom. The molecule has 0 radical (unpaired) electrons. The molecule has 1 saturated carbocycles. The van der Waals surface area contributed by atoms with Gasteiger partial charge in [-0.2, -0.15) is 20.4 Å². The van der Waals surface area contributed by atoms with Gasteiger partial charge in [0.05, 0.1) is 55.6 Å². The van der Waals surface area contributed by atoms with Gasteiger partial charge in [0.15, 0.2) is 0 Å². The summed E-state index contributed by atoms with van der Waals surface area (Å²) in [5.74, 6) is 0.957. The number of hydrogen-bond acceptors (Lipinski definition) is 5. The van der Waals surface area contributed by atoms with E-state index in [0.717, 1.165) is 48.4 Å². The van der Waals surface area contributed by atoms with Crippen molar-refractivity contribution in [2.75, 3.05) is 7.05 Å². The molecule has 0 bridgehead atoms. The van der Waals surface area contributed by atoms with Gasteiger partial charge >= 0.3 is 0 Å². The van der Waals surface area contributed by atoms with Crippen molar-refractivity contribution in [2.45, 2.75) is 45.1 Å². The molecular weight excluding hydrogens is 983 g/mol. The highest BCUT2D eigenvalue weighted by atomic mass is 127. The van der Waals surface area contributed by atoms with Crippen LogP contribution in [0.1, 0.15) is 39.0 Å². The number of H-pyrrole nitrogens is 1. The van der Waals surface area contributed by atoms with Crippen LogP contribution in [-0.4, -0.2) is 52.6 Å². The summed E-state index contributed by atoms with van der Waals surface area (Å²) in [6.07, 6.45) is 18.1. The van der Waals surface area contributed by atoms with Gasteiger partial charge in [0.1, 0.15) is 5.69 Å². The second-order valence-corrected chi connectivity index (χ2v) is 14.4. The average Bonchev–Trinajstić information content (AvgIpc) is 3.83. The van der Waals surface area contributed by atoms with E-state index in [-0.39, 0.29) is 24.0 Å². The number of rotatable bonds is 3. The summed E-state index contributed by atoms with van der Waals surface area (Å²) in [5, 5.41) is 26.0. The molecule has 1 fully saturated rings. The zero-order valence-corrected chi connectivity index (χ0v) is 34.9. The number of halogens is 6. The smallest absolute Gasteiger partial charge is 0.103 e. The fraction of sp³-hybridized carbons (Fsp3) is 0.355. The van der Waals surface area contributed by atoms with Gasteiger partial charge in [-0.1, -0.05) is 49.4 Å². The zero-order chi connectivity index (χ0) is 32.5. The standard InChI is InChI=1S/C11H8BrClN4.C9H19N.C7H4BrClN2.C4H5IN2.HI/c1-16-6-8(5-14-16)17-11-3-9(12)10(13)2-7(11)4-15-17;1-3-8-6-4-5-7-9(8)10-2;8-5-2-7-4(1-6(5)9)3-10-11-7;1-7-3-4(5)2-6-7;/h2-6H,1H3;8-10H,3-7H2,1-2H3;1-3H,(H,10,11);2-3H,1H3;1H/p-1/t;8-,9-;;;/m.1.../s1. The van der Waals surface area contributed by atoms with Crippen molar-refractivity contribution in [1.29, 1.82) is 0 Å². The molecule has 2 N–H and O–H groups in total. The van der Waals surface area contributed by atoms with E-state index in [9.17, 15) is 0 Å². The SMILES string of the molecule is CC[C@@H]1CCCC[C@H]1NC.Clc1cc2cn[nH]c2cc1Br.Cn1cc(-n2ncc3cc(Cl)c(Br)cc32)cn1.Cn1cc(I)cn1.[I-]. The third-order valence-electron chi connectivity index (χ3n) is 7.50. The fourth-order valence-electron chi connectivity index (χ4n) is 5.15. The van der Waals surface area contributed by atoms with E-state index in [1.165, 1.54) is 35.7 Å². The third-order valence-corrected chi connectivity index (χ3v) is 10.5. The summed E-state index contributed by atoms with van der Waals surface area (Å²) >= 11 is 20.9. The maximum absolute atomic E-state index is 6.05. The van der Waals surface area contributed by atoms with E-state index >= 15 is 0 Å². The average molecular weight is 1020 g/mol. The molecule has 1 aliphatic carbocycles.